The van der Waals surface area contributed by atoms with Crippen molar-refractivity contribution in [3.63, 3.8) is 0 Å². The van der Waals surface area contributed by atoms with E-state index in [9.17, 15) is 4.79 Å². The minimum atomic E-state index is -0.318. The van der Waals surface area contributed by atoms with Crippen molar-refractivity contribution in [2.45, 2.75) is 129 Å². The van der Waals surface area contributed by atoms with Gasteiger partial charge in [0.1, 0.15) is 5.60 Å². The summed E-state index contributed by atoms with van der Waals surface area (Å²) in [7, 11) is 0. The average molecular weight is 408 g/mol. The number of esters is 1. The highest BCUT2D eigenvalue weighted by Gasteiger charge is 2.33. The lowest BCUT2D eigenvalue weighted by Gasteiger charge is -2.36. The summed E-state index contributed by atoms with van der Waals surface area (Å²) in [6, 6.07) is 0. The third-order valence-electron chi connectivity index (χ3n) is 6.34. The molecule has 1 aliphatic heterocycles. The molecule has 3 nitrogen and oxygen atoms in total. The van der Waals surface area contributed by atoms with Crippen molar-refractivity contribution < 1.29 is 9.53 Å². The van der Waals surface area contributed by atoms with E-state index in [1.165, 1.54) is 70.6 Å². The second kappa shape index (κ2) is 16.9. The van der Waals surface area contributed by atoms with E-state index < -0.39 is 0 Å². The standard InChI is InChI=1S/C26H49NO2/c1-4-5-6-7-8-9-10-11-12-13-14-15-16-17-18-19-25(28)29-26(2,3)24-20-22-27-23-21-24/h11-12,24,27H,4-10,13-23H2,1-3H3/b12-11+. The SMILES string of the molecule is CCCCCCCC/C=C/CCCCCCCC(=O)OC(C)(C)C1CCNCC1. The Bertz CT molecular complexity index is 424. The molecule has 0 aromatic carbocycles. The van der Waals surface area contributed by atoms with E-state index in [2.05, 4.69) is 38.2 Å². The van der Waals surface area contributed by atoms with Crippen LogP contribution in [0.1, 0.15) is 124 Å². The maximum atomic E-state index is 12.2. The largest absolute Gasteiger partial charge is 0.459 e. The van der Waals surface area contributed by atoms with Crippen LogP contribution in [0.4, 0.5) is 0 Å². The first-order chi connectivity index (χ1) is 14.1. The fourth-order valence-corrected chi connectivity index (χ4v) is 4.28. The molecular weight excluding hydrogens is 358 g/mol. The molecule has 1 N–H and O–H groups in total. The minimum absolute atomic E-state index is 0.00819. The molecule has 1 heterocycles. The van der Waals surface area contributed by atoms with Gasteiger partial charge >= 0.3 is 5.97 Å². The van der Waals surface area contributed by atoms with E-state index in [1.807, 2.05) is 0 Å². The van der Waals surface area contributed by atoms with Gasteiger partial charge in [-0.1, -0.05) is 70.4 Å². The third kappa shape index (κ3) is 13.9. The van der Waals surface area contributed by atoms with Crippen LogP contribution >= 0.6 is 0 Å². The highest BCUT2D eigenvalue weighted by Crippen LogP contribution is 2.29. The Morgan fingerprint density at radius 2 is 1.38 bits per heavy atom. The zero-order chi connectivity index (χ0) is 21.2. The molecule has 1 saturated heterocycles. The summed E-state index contributed by atoms with van der Waals surface area (Å²) >= 11 is 0. The number of rotatable bonds is 17. The van der Waals surface area contributed by atoms with Crippen LogP contribution in [-0.4, -0.2) is 24.7 Å². The van der Waals surface area contributed by atoms with Crippen molar-refractivity contribution >= 4 is 5.97 Å². The summed E-state index contributed by atoms with van der Waals surface area (Å²) in [5.41, 5.74) is -0.318. The number of carbonyl (C=O) groups is 1. The van der Waals surface area contributed by atoms with Gasteiger partial charge in [-0.05, 0) is 71.9 Å². The summed E-state index contributed by atoms with van der Waals surface area (Å²) in [5.74, 6) is 0.480. The van der Waals surface area contributed by atoms with Crippen molar-refractivity contribution in [3.8, 4) is 0 Å². The molecule has 0 radical (unpaired) electrons. The van der Waals surface area contributed by atoms with Crippen LogP contribution in [-0.2, 0) is 9.53 Å². The van der Waals surface area contributed by atoms with Crippen LogP contribution in [0.25, 0.3) is 0 Å². The van der Waals surface area contributed by atoms with E-state index >= 15 is 0 Å². The molecule has 1 aliphatic rings. The molecule has 0 atom stereocenters. The quantitative estimate of drug-likeness (QED) is 0.156. The first-order valence-corrected chi connectivity index (χ1v) is 12.6. The van der Waals surface area contributed by atoms with Gasteiger partial charge in [0.2, 0.25) is 0 Å². The lowest BCUT2D eigenvalue weighted by molar-refractivity contribution is -0.162. The first kappa shape index (κ1) is 26.2. The van der Waals surface area contributed by atoms with Crippen molar-refractivity contribution in [1.82, 2.24) is 5.32 Å². The monoisotopic (exact) mass is 407 g/mol. The molecule has 3 heteroatoms. The zero-order valence-electron chi connectivity index (χ0n) is 19.8. The van der Waals surface area contributed by atoms with Gasteiger partial charge in [-0.3, -0.25) is 4.79 Å². The number of carbonyl (C=O) groups excluding carboxylic acids is 1. The van der Waals surface area contributed by atoms with E-state index in [0.29, 0.717) is 12.3 Å². The molecule has 0 bridgehead atoms. The Morgan fingerprint density at radius 1 is 0.862 bits per heavy atom. The van der Waals surface area contributed by atoms with E-state index in [0.717, 1.165) is 38.8 Å². The number of hydrogen-bond donors (Lipinski definition) is 1. The number of hydrogen-bond acceptors (Lipinski definition) is 3. The molecule has 29 heavy (non-hydrogen) atoms. The van der Waals surface area contributed by atoms with Crippen LogP contribution in [0.3, 0.4) is 0 Å². The van der Waals surface area contributed by atoms with Gasteiger partial charge in [0.05, 0.1) is 0 Å². The maximum absolute atomic E-state index is 12.2. The molecule has 0 saturated carbocycles. The third-order valence-corrected chi connectivity index (χ3v) is 6.34. The van der Waals surface area contributed by atoms with Crippen LogP contribution in [0.5, 0.6) is 0 Å². The van der Waals surface area contributed by atoms with Gasteiger partial charge in [0.15, 0.2) is 0 Å². The lowest BCUT2D eigenvalue weighted by Crippen LogP contribution is -2.42. The molecule has 0 unspecified atom stereocenters. The van der Waals surface area contributed by atoms with Crippen LogP contribution in [0.15, 0.2) is 12.2 Å². The van der Waals surface area contributed by atoms with E-state index in [1.54, 1.807) is 0 Å². The molecule has 170 valence electrons. The van der Waals surface area contributed by atoms with Crippen LogP contribution in [0, 0.1) is 5.92 Å². The Kier molecular flexibility index (Phi) is 15.3. The molecule has 0 amide bonds. The van der Waals surface area contributed by atoms with Gasteiger partial charge in [-0.25, -0.2) is 0 Å². The number of nitrogens with one attached hydrogen (secondary N) is 1. The Hall–Kier alpha value is -0.830. The highest BCUT2D eigenvalue weighted by molar-refractivity contribution is 5.69. The summed E-state index contributed by atoms with van der Waals surface area (Å²) in [6.07, 6.45) is 24.2. The molecule has 0 aliphatic carbocycles. The van der Waals surface area contributed by atoms with Gasteiger partial charge < -0.3 is 10.1 Å². The predicted octanol–water partition coefficient (Wildman–Crippen LogP) is 7.35. The number of piperidine rings is 1. The summed E-state index contributed by atoms with van der Waals surface area (Å²) < 4.78 is 5.82. The van der Waals surface area contributed by atoms with Crippen molar-refractivity contribution in [3.05, 3.63) is 12.2 Å². The summed E-state index contributed by atoms with van der Waals surface area (Å²) in [6.45, 7) is 8.52. The Morgan fingerprint density at radius 3 is 1.97 bits per heavy atom. The van der Waals surface area contributed by atoms with Gasteiger partial charge in [0, 0.05) is 12.3 Å². The molecule has 1 rings (SSSR count). The topological polar surface area (TPSA) is 38.3 Å². The average Bonchev–Trinajstić information content (AvgIpc) is 2.71. The summed E-state index contributed by atoms with van der Waals surface area (Å²) in [4.78, 5) is 12.2. The molecule has 1 fully saturated rings. The zero-order valence-corrected chi connectivity index (χ0v) is 19.8. The number of unbranched alkanes of at least 4 members (excludes halogenated alkanes) is 11. The van der Waals surface area contributed by atoms with Crippen LogP contribution < -0.4 is 5.32 Å². The molecule has 0 spiro atoms. The second-order valence-corrected chi connectivity index (χ2v) is 9.44. The van der Waals surface area contributed by atoms with Gasteiger partial charge in [0.25, 0.3) is 0 Å². The highest BCUT2D eigenvalue weighted by atomic mass is 16.6. The second-order valence-electron chi connectivity index (χ2n) is 9.44. The normalized spacial score (nSPS) is 15.8. The van der Waals surface area contributed by atoms with Crippen molar-refractivity contribution in [2.75, 3.05) is 13.1 Å². The van der Waals surface area contributed by atoms with E-state index in [4.69, 9.17) is 4.74 Å². The van der Waals surface area contributed by atoms with Crippen molar-refractivity contribution in [1.29, 1.82) is 0 Å². The summed E-state index contributed by atoms with van der Waals surface area (Å²) in [5, 5.41) is 3.38. The minimum Gasteiger partial charge on any atom is -0.459 e. The van der Waals surface area contributed by atoms with Gasteiger partial charge in [-0.2, -0.15) is 0 Å². The maximum Gasteiger partial charge on any atom is 0.306 e. The fourth-order valence-electron chi connectivity index (χ4n) is 4.28. The number of ether oxygens (including phenoxy) is 1. The Balaban J connectivity index is 1.91. The Labute approximate surface area is 181 Å². The van der Waals surface area contributed by atoms with Crippen molar-refractivity contribution in [2.24, 2.45) is 5.92 Å². The molecule has 0 aromatic heterocycles. The van der Waals surface area contributed by atoms with E-state index in [-0.39, 0.29) is 11.6 Å². The predicted molar refractivity (Wildman–Crippen MR) is 125 cm³/mol. The fraction of sp³-hybridized carbons (Fsp3) is 0.885. The lowest BCUT2D eigenvalue weighted by atomic mass is 9.83. The van der Waals surface area contributed by atoms with Gasteiger partial charge in [-0.15, -0.1) is 0 Å². The first-order valence-electron chi connectivity index (χ1n) is 12.6. The van der Waals surface area contributed by atoms with Crippen LogP contribution in [0.2, 0.25) is 0 Å². The smallest absolute Gasteiger partial charge is 0.306 e. The molecule has 0 aromatic rings. The number of allylic oxidation sites excluding steroid dienone is 2. The molecular formula is C26H49NO2.